The molecule has 1 aromatic carbocycles. The normalized spacial score (nSPS) is 15.8. The average Bonchev–Trinajstić information content (AvgIpc) is 3.35. The quantitative estimate of drug-likeness (QED) is 0.614. The molecule has 10 heteroatoms. The number of aryl methyl sites for hydroxylation is 1. The number of amides is 2. The molecule has 3 aromatic rings. The monoisotopic (exact) mass is 438 g/mol. The van der Waals surface area contributed by atoms with E-state index in [9.17, 15) is 9.59 Å². The second-order valence-electron chi connectivity index (χ2n) is 8.21. The van der Waals surface area contributed by atoms with Crippen LogP contribution in [0.1, 0.15) is 39.1 Å². The number of carbonyl (C=O) groups is 2. The number of benzene rings is 1. The summed E-state index contributed by atoms with van der Waals surface area (Å²) < 4.78 is 11.9. The third kappa shape index (κ3) is 4.08. The van der Waals surface area contributed by atoms with Crippen molar-refractivity contribution in [1.29, 1.82) is 0 Å². The maximum absolute atomic E-state index is 12.8. The Morgan fingerprint density at radius 3 is 2.66 bits per heavy atom. The molecule has 0 saturated carbocycles. The fourth-order valence-electron chi connectivity index (χ4n) is 3.87. The Labute approximate surface area is 185 Å². The van der Waals surface area contributed by atoms with Crippen molar-refractivity contribution in [3.63, 3.8) is 0 Å². The van der Waals surface area contributed by atoms with Gasteiger partial charge >= 0.3 is 6.09 Å². The van der Waals surface area contributed by atoms with Crippen LogP contribution in [0.4, 0.5) is 16.2 Å². The first-order valence-electron chi connectivity index (χ1n) is 10.5. The number of hydrogen-bond donors (Lipinski definition) is 0. The van der Waals surface area contributed by atoms with Gasteiger partial charge in [-0.15, -0.1) is 0 Å². The minimum Gasteiger partial charge on any atom is -0.446 e. The van der Waals surface area contributed by atoms with E-state index in [4.69, 9.17) is 9.37 Å². The maximum atomic E-state index is 12.8. The first-order chi connectivity index (χ1) is 15.2. The van der Waals surface area contributed by atoms with Crippen molar-refractivity contribution in [3.8, 4) is 11.1 Å². The zero-order valence-electron chi connectivity index (χ0n) is 18.8. The van der Waals surface area contributed by atoms with Crippen LogP contribution >= 0.6 is 0 Å². The number of rotatable bonds is 4. The van der Waals surface area contributed by atoms with Crippen molar-refractivity contribution in [3.05, 3.63) is 42.0 Å². The van der Waals surface area contributed by atoms with Crippen LogP contribution in [0.15, 0.2) is 35.2 Å². The first-order valence-corrected chi connectivity index (χ1v) is 10.5. The van der Waals surface area contributed by atoms with E-state index in [-0.39, 0.29) is 18.1 Å². The van der Waals surface area contributed by atoms with Crippen LogP contribution in [0.5, 0.6) is 0 Å². The molecular weight excluding hydrogens is 412 g/mol. The van der Waals surface area contributed by atoms with E-state index in [0.29, 0.717) is 35.9 Å². The lowest BCUT2D eigenvalue weighted by Crippen LogP contribution is -2.51. The van der Waals surface area contributed by atoms with Crippen LogP contribution in [0.25, 0.3) is 11.1 Å². The minimum atomic E-state index is -0.432. The number of anilines is 2. The van der Waals surface area contributed by atoms with Crippen molar-refractivity contribution in [2.45, 2.75) is 53.3 Å². The highest BCUT2D eigenvalue weighted by Gasteiger charge is 2.34. The van der Waals surface area contributed by atoms with Crippen LogP contribution in [-0.4, -0.2) is 50.8 Å². The van der Waals surface area contributed by atoms with E-state index in [2.05, 4.69) is 15.4 Å². The Balaban J connectivity index is 1.70. The Kier molecular flexibility index (Phi) is 5.68. The van der Waals surface area contributed by atoms with Crippen molar-refractivity contribution in [2.75, 3.05) is 16.3 Å². The molecule has 168 valence electrons. The van der Waals surface area contributed by atoms with E-state index in [1.54, 1.807) is 20.7 Å². The van der Waals surface area contributed by atoms with E-state index in [1.165, 1.54) is 6.92 Å². The molecule has 1 aliphatic heterocycles. The summed E-state index contributed by atoms with van der Waals surface area (Å²) in [5, 5.41) is 12.1. The molecule has 0 spiro atoms. The summed E-state index contributed by atoms with van der Waals surface area (Å²) in [5.41, 5.74) is 4.47. The zero-order chi connectivity index (χ0) is 23.0. The summed E-state index contributed by atoms with van der Waals surface area (Å²) in [7, 11) is 0. The van der Waals surface area contributed by atoms with Crippen LogP contribution in [-0.2, 0) is 16.1 Å². The second kappa shape index (κ2) is 8.45. The number of fused-ring (bicyclic) bond motifs is 1. The second-order valence-corrected chi connectivity index (χ2v) is 8.21. The van der Waals surface area contributed by atoms with E-state index in [1.807, 2.05) is 52.1 Å². The molecule has 1 aliphatic rings. The highest BCUT2D eigenvalue weighted by atomic mass is 16.6. The Morgan fingerprint density at radius 2 is 2.00 bits per heavy atom. The lowest BCUT2D eigenvalue weighted by molar-refractivity contribution is -0.117. The minimum absolute atomic E-state index is 0.0761. The fraction of sp³-hybridized carbons (Fsp3) is 0.409. The average molecular weight is 438 g/mol. The molecule has 0 bridgehead atoms. The molecule has 0 N–H and O–H groups in total. The molecule has 3 heterocycles. The van der Waals surface area contributed by atoms with Gasteiger partial charge in [-0.05, 0) is 45.4 Å². The molecule has 0 fully saturated rings. The van der Waals surface area contributed by atoms with E-state index < -0.39 is 6.09 Å². The zero-order valence-corrected chi connectivity index (χ0v) is 18.8. The number of carbonyl (C=O) groups excluding carboxylic acids is 2. The predicted octanol–water partition coefficient (Wildman–Crippen LogP) is 3.40. The molecular formula is C22H26N6O4. The summed E-state index contributed by atoms with van der Waals surface area (Å²) in [6, 6.07) is 5.50. The van der Waals surface area contributed by atoms with Gasteiger partial charge in [0.05, 0.1) is 36.3 Å². The lowest BCUT2D eigenvalue weighted by atomic mass is 10.0. The van der Waals surface area contributed by atoms with Crippen molar-refractivity contribution in [1.82, 2.24) is 20.1 Å². The van der Waals surface area contributed by atoms with Gasteiger partial charge in [0, 0.05) is 25.2 Å². The molecule has 10 nitrogen and oxygen atoms in total. The predicted molar refractivity (Wildman–Crippen MR) is 117 cm³/mol. The van der Waals surface area contributed by atoms with Crippen molar-refractivity contribution >= 4 is 23.4 Å². The van der Waals surface area contributed by atoms with E-state index >= 15 is 0 Å². The van der Waals surface area contributed by atoms with Gasteiger partial charge < -0.3 is 9.64 Å². The molecule has 1 atom stereocenters. The topological polar surface area (TPSA) is 107 Å². The Morgan fingerprint density at radius 1 is 1.22 bits per heavy atom. The largest absolute Gasteiger partial charge is 0.446 e. The van der Waals surface area contributed by atoms with Gasteiger partial charge in [0.2, 0.25) is 5.91 Å². The smallest absolute Gasteiger partial charge is 0.414 e. The maximum Gasteiger partial charge on any atom is 0.414 e. The van der Waals surface area contributed by atoms with Gasteiger partial charge in [0.15, 0.2) is 0 Å². The highest BCUT2D eigenvalue weighted by Crippen LogP contribution is 2.39. The Bertz CT molecular complexity index is 1150. The van der Waals surface area contributed by atoms with Gasteiger partial charge in [0.25, 0.3) is 0 Å². The molecule has 32 heavy (non-hydrogen) atoms. The number of aromatic nitrogens is 4. The summed E-state index contributed by atoms with van der Waals surface area (Å²) in [6.07, 6.45) is 2.96. The van der Waals surface area contributed by atoms with Gasteiger partial charge in [-0.2, -0.15) is 5.10 Å². The summed E-state index contributed by atoms with van der Waals surface area (Å²) >= 11 is 0. The van der Waals surface area contributed by atoms with Crippen molar-refractivity contribution < 1.29 is 19.0 Å². The molecule has 0 aliphatic carbocycles. The number of hydrogen-bond acceptors (Lipinski definition) is 7. The van der Waals surface area contributed by atoms with E-state index in [0.717, 1.165) is 11.1 Å². The SMILES string of the molecule is CC(=O)N1c2ccc(-c3cnn(Cc4nonc4C)c3)cc2N(C(=O)OC(C)C)C[C@@H]1C. The number of ether oxygens (including phenoxy) is 1. The van der Waals surface area contributed by atoms with Gasteiger partial charge in [0.1, 0.15) is 11.4 Å². The molecule has 2 aromatic heterocycles. The third-order valence-corrected chi connectivity index (χ3v) is 5.33. The lowest BCUT2D eigenvalue weighted by Gasteiger charge is -2.40. The summed E-state index contributed by atoms with van der Waals surface area (Å²) in [5.74, 6) is -0.0761. The van der Waals surface area contributed by atoms with Crippen molar-refractivity contribution in [2.24, 2.45) is 0 Å². The summed E-state index contributed by atoms with van der Waals surface area (Å²) in [4.78, 5) is 28.4. The molecule has 2 amide bonds. The number of nitrogens with zero attached hydrogens (tertiary/aromatic N) is 6. The van der Waals surface area contributed by atoms with Crippen LogP contribution in [0.3, 0.4) is 0 Å². The third-order valence-electron chi connectivity index (χ3n) is 5.33. The van der Waals surface area contributed by atoms with Crippen LogP contribution < -0.4 is 9.80 Å². The molecule has 0 unspecified atom stereocenters. The molecule has 0 saturated heterocycles. The first kappa shape index (κ1) is 21.5. The Hall–Kier alpha value is -3.69. The van der Waals surface area contributed by atoms with Gasteiger partial charge in [-0.25, -0.2) is 9.42 Å². The standard InChI is InChI=1S/C22H26N6O4/c1-13(2)31-22(30)27-10-14(3)28(16(5)29)20-7-6-17(8-21(20)27)18-9-23-26(11-18)12-19-15(4)24-32-25-19/h6-9,11,13-14H,10,12H2,1-5H3/t14-/m0/s1. The fourth-order valence-corrected chi connectivity index (χ4v) is 3.87. The highest BCUT2D eigenvalue weighted by molar-refractivity contribution is 6.03. The molecule has 4 rings (SSSR count). The van der Waals surface area contributed by atoms with Crippen LogP contribution in [0, 0.1) is 6.92 Å². The van der Waals surface area contributed by atoms with Crippen LogP contribution in [0.2, 0.25) is 0 Å². The molecule has 0 radical (unpaired) electrons. The summed E-state index contributed by atoms with van der Waals surface area (Å²) in [6.45, 7) is 9.67. The van der Waals surface area contributed by atoms with Gasteiger partial charge in [-0.1, -0.05) is 16.4 Å². The van der Waals surface area contributed by atoms with Gasteiger partial charge in [-0.3, -0.25) is 14.4 Å².